The van der Waals surface area contributed by atoms with E-state index >= 15 is 0 Å². The molecule has 0 bridgehead atoms. The molecule has 120 valence electrons. The second-order valence-electron chi connectivity index (χ2n) is 5.15. The molecule has 0 radical (unpaired) electrons. The molecular weight excluding hydrogens is 314 g/mol. The summed E-state index contributed by atoms with van der Waals surface area (Å²) in [6.07, 6.45) is 1.28. The highest BCUT2D eigenvalue weighted by atomic mass is 32.2. The van der Waals surface area contributed by atoms with Crippen molar-refractivity contribution in [3.8, 4) is 0 Å². The number of carbonyl (C=O) groups excluding carboxylic acids is 2. The van der Waals surface area contributed by atoms with E-state index < -0.39 is 40.2 Å². The van der Waals surface area contributed by atoms with E-state index in [1.165, 1.54) is 11.0 Å². The van der Waals surface area contributed by atoms with E-state index in [1.807, 2.05) is 0 Å². The van der Waals surface area contributed by atoms with Crippen LogP contribution in [-0.2, 0) is 20.4 Å². The fourth-order valence-electron chi connectivity index (χ4n) is 2.34. The van der Waals surface area contributed by atoms with E-state index in [9.17, 15) is 22.6 Å². The first-order valence-corrected chi connectivity index (χ1v) is 8.11. The van der Waals surface area contributed by atoms with Gasteiger partial charge in [0.25, 0.3) is 0 Å². The van der Waals surface area contributed by atoms with Crippen LogP contribution in [0.3, 0.4) is 0 Å². The molecule has 1 heterocycles. The Hall–Kier alpha value is -1.83. The van der Waals surface area contributed by atoms with Crippen LogP contribution in [0.25, 0.3) is 0 Å². The Morgan fingerprint density at radius 1 is 1.32 bits per heavy atom. The average Bonchev–Trinajstić information content (AvgIpc) is 2.50. The highest BCUT2D eigenvalue weighted by molar-refractivity contribution is 7.85. The fourth-order valence-corrected chi connectivity index (χ4v) is 3.37. The van der Waals surface area contributed by atoms with Crippen molar-refractivity contribution < 1.29 is 22.6 Å². The van der Waals surface area contributed by atoms with E-state index in [4.69, 9.17) is 5.73 Å². The van der Waals surface area contributed by atoms with Crippen molar-refractivity contribution >= 4 is 22.6 Å². The Labute approximate surface area is 128 Å². The number of nitrogens with two attached hydrogens (primary N) is 1. The molecule has 2 N–H and O–H groups in total. The predicted octanol–water partition coefficient (Wildman–Crippen LogP) is 0.796. The lowest BCUT2D eigenvalue weighted by atomic mass is 9.97. The summed E-state index contributed by atoms with van der Waals surface area (Å²) in [5, 5.41) is 0. The number of amides is 2. The summed E-state index contributed by atoms with van der Waals surface area (Å²) >= 11 is 0. The van der Waals surface area contributed by atoms with Gasteiger partial charge in [-0.05, 0) is 31.0 Å². The molecule has 1 saturated heterocycles. The number of rotatable bonds is 4. The molecule has 1 aliphatic rings. The molecule has 0 aliphatic carbocycles. The summed E-state index contributed by atoms with van der Waals surface area (Å²) in [6, 6.07) is 2.88. The van der Waals surface area contributed by atoms with Gasteiger partial charge in [-0.15, -0.1) is 0 Å². The maximum Gasteiger partial charge on any atom is 0.235 e. The SMILES string of the molecule is NC(=O)[C@@H]1CCCN(C(=O)CS(=O)c2ccc(F)c(F)c2)C1. The zero-order chi connectivity index (χ0) is 16.3. The van der Waals surface area contributed by atoms with Gasteiger partial charge in [-0.1, -0.05) is 0 Å². The Bertz CT molecular complexity index is 624. The largest absolute Gasteiger partial charge is 0.369 e. The maximum absolute atomic E-state index is 13.1. The lowest BCUT2D eigenvalue weighted by Gasteiger charge is -2.31. The van der Waals surface area contributed by atoms with E-state index in [2.05, 4.69) is 0 Å². The van der Waals surface area contributed by atoms with Crippen LogP contribution in [0.1, 0.15) is 12.8 Å². The van der Waals surface area contributed by atoms with Gasteiger partial charge in [0.2, 0.25) is 11.8 Å². The highest BCUT2D eigenvalue weighted by Crippen LogP contribution is 2.17. The zero-order valence-corrected chi connectivity index (χ0v) is 12.6. The fraction of sp³-hybridized carbons (Fsp3) is 0.429. The van der Waals surface area contributed by atoms with Crippen molar-refractivity contribution in [2.24, 2.45) is 11.7 Å². The highest BCUT2D eigenvalue weighted by Gasteiger charge is 2.27. The van der Waals surface area contributed by atoms with Gasteiger partial charge in [0, 0.05) is 18.0 Å². The Kier molecular flexibility index (Phi) is 5.23. The quantitative estimate of drug-likeness (QED) is 0.886. The third kappa shape index (κ3) is 3.88. The summed E-state index contributed by atoms with van der Waals surface area (Å²) in [5.41, 5.74) is 5.24. The van der Waals surface area contributed by atoms with E-state index in [0.29, 0.717) is 19.4 Å². The van der Waals surface area contributed by atoms with Crippen LogP contribution in [0.5, 0.6) is 0 Å². The average molecular weight is 330 g/mol. The van der Waals surface area contributed by atoms with Gasteiger partial charge < -0.3 is 10.6 Å². The van der Waals surface area contributed by atoms with Crippen LogP contribution >= 0.6 is 0 Å². The minimum atomic E-state index is -1.77. The first kappa shape index (κ1) is 16.5. The van der Waals surface area contributed by atoms with Gasteiger partial charge in [0.1, 0.15) is 5.75 Å². The number of halogens is 2. The minimum absolute atomic E-state index is 0.0516. The van der Waals surface area contributed by atoms with Crippen molar-refractivity contribution in [1.82, 2.24) is 4.90 Å². The van der Waals surface area contributed by atoms with Crippen molar-refractivity contribution in [2.75, 3.05) is 18.8 Å². The molecule has 1 unspecified atom stereocenters. The van der Waals surface area contributed by atoms with Gasteiger partial charge in [0.05, 0.1) is 16.7 Å². The molecule has 1 fully saturated rings. The van der Waals surface area contributed by atoms with Crippen LogP contribution < -0.4 is 5.73 Å². The Balaban J connectivity index is 2.00. The van der Waals surface area contributed by atoms with Gasteiger partial charge >= 0.3 is 0 Å². The molecule has 22 heavy (non-hydrogen) atoms. The van der Waals surface area contributed by atoms with Crippen molar-refractivity contribution in [2.45, 2.75) is 17.7 Å². The lowest BCUT2D eigenvalue weighted by molar-refractivity contribution is -0.132. The number of hydrogen-bond acceptors (Lipinski definition) is 3. The maximum atomic E-state index is 13.1. The van der Waals surface area contributed by atoms with Gasteiger partial charge in [-0.3, -0.25) is 13.8 Å². The lowest BCUT2D eigenvalue weighted by Crippen LogP contribution is -2.45. The van der Waals surface area contributed by atoms with Crippen LogP contribution in [-0.4, -0.2) is 39.8 Å². The molecule has 0 spiro atoms. The Morgan fingerprint density at radius 2 is 2.05 bits per heavy atom. The summed E-state index contributed by atoms with van der Waals surface area (Å²) in [4.78, 5) is 24.8. The standard InChI is InChI=1S/C14H16F2N2O3S/c15-11-4-3-10(6-12(11)16)22(21)8-13(19)18-5-1-2-9(7-18)14(17)20/h3-4,6,9H,1-2,5,7-8H2,(H2,17,20)/t9-,22?/m1/s1. The van der Waals surface area contributed by atoms with Gasteiger partial charge in [-0.2, -0.15) is 0 Å². The van der Waals surface area contributed by atoms with E-state index in [1.54, 1.807) is 0 Å². The van der Waals surface area contributed by atoms with E-state index in [0.717, 1.165) is 12.1 Å². The van der Waals surface area contributed by atoms with Crippen LogP contribution in [0.4, 0.5) is 8.78 Å². The number of hydrogen-bond donors (Lipinski definition) is 1. The molecule has 1 aliphatic heterocycles. The normalized spacial score (nSPS) is 19.7. The molecule has 1 aromatic carbocycles. The molecule has 8 heteroatoms. The third-order valence-electron chi connectivity index (χ3n) is 3.58. The molecule has 1 aromatic rings. The third-order valence-corrected chi connectivity index (χ3v) is 4.87. The van der Waals surface area contributed by atoms with Gasteiger partial charge in [-0.25, -0.2) is 8.78 Å². The second kappa shape index (κ2) is 6.95. The molecular formula is C14H16F2N2O3S. The molecule has 0 aromatic heterocycles. The second-order valence-corrected chi connectivity index (χ2v) is 6.60. The Morgan fingerprint density at radius 3 is 2.68 bits per heavy atom. The number of likely N-dealkylation sites (tertiary alicyclic amines) is 1. The molecule has 5 nitrogen and oxygen atoms in total. The predicted molar refractivity (Wildman–Crippen MR) is 76.1 cm³/mol. The number of primary amides is 1. The molecule has 0 saturated carbocycles. The topological polar surface area (TPSA) is 80.5 Å². The number of nitrogens with zero attached hydrogens (tertiary/aromatic N) is 1. The van der Waals surface area contributed by atoms with Crippen molar-refractivity contribution in [3.63, 3.8) is 0 Å². The smallest absolute Gasteiger partial charge is 0.235 e. The summed E-state index contributed by atoms with van der Waals surface area (Å²) in [7, 11) is -1.77. The minimum Gasteiger partial charge on any atom is -0.369 e. The van der Waals surface area contributed by atoms with Gasteiger partial charge in [0.15, 0.2) is 11.6 Å². The zero-order valence-electron chi connectivity index (χ0n) is 11.8. The van der Waals surface area contributed by atoms with Crippen LogP contribution in [0.2, 0.25) is 0 Å². The summed E-state index contributed by atoms with van der Waals surface area (Å²) < 4.78 is 38.0. The first-order chi connectivity index (χ1) is 10.4. The molecule has 2 rings (SSSR count). The summed E-state index contributed by atoms with van der Waals surface area (Å²) in [5.74, 6) is -3.73. The number of piperidine rings is 1. The van der Waals surface area contributed by atoms with E-state index in [-0.39, 0.29) is 17.2 Å². The van der Waals surface area contributed by atoms with Crippen molar-refractivity contribution in [1.29, 1.82) is 0 Å². The monoisotopic (exact) mass is 330 g/mol. The number of carbonyl (C=O) groups is 2. The number of benzene rings is 1. The van der Waals surface area contributed by atoms with Crippen LogP contribution in [0, 0.1) is 17.6 Å². The summed E-state index contributed by atoms with van der Waals surface area (Å²) in [6.45, 7) is 0.681. The van der Waals surface area contributed by atoms with Crippen LogP contribution in [0.15, 0.2) is 23.1 Å². The van der Waals surface area contributed by atoms with Crippen molar-refractivity contribution in [3.05, 3.63) is 29.8 Å². The molecule has 2 atom stereocenters. The molecule has 2 amide bonds. The first-order valence-electron chi connectivity index (χ1n) is 6.79.